The van der Waals surface area contributed by atoms with Gasteiger partial charge in [-0.3, -0.25) is 0 Å². The summed E-state index contributed by atoms with van der Waals surface area (Å²) < 4.78 is 0. The summed E-state index contributed by atoms with van der Waals surface area (Å²) in [5.41, 5.74) is -0.401. The van der Waals surface area contributed by atoms with Gasteiger partial charge in [-0.2, -0.15) is 0 Å². The first-order chi connectivity index (χ1) is 7.56. The van der Waals surface area contributed by atoms with E-state index in [0.29, 0.717) is 12.1 Å². The number of anilines is 1. The summed E-state index contributed by atoms with van der Waals surface area (Å²) in [6, 6.07) is 1.49. The maximum atomic E-state index is 9.26. The van der Waals surface area contributed by atoms with Crippen LogP contribution in [0.3, 0.4) is 0 Å². The van der Waals surface area contributed by atoms with E-state index in [-0.39, 0.29) is 23.5 Å². The van der Waals surface area contributed by atoms with E-state index in [1.54, 1.807) is 0 Å². The number of halogens is 2. The molecule has 1 heterocycles. The van der Waals surface area contributed by atoms with Gasteiger partial charge in [0.1, 0.15) is 0 Å². The molecule has 0 saturated carbocycles. The Morgan fingerprint density at radius 3 is 2.44 bits per heavy atom. The van der Waals surface area contributed by atoms with Gasteiger partial charge in [0.25, 0.3) is 0 Å². The lowest BCUT2D eigenvalue weighted by molar-refractivity contribution is 0.132. The minimum absolute atomic E-state index is 0.143. The molecule has 7 heteroatoms. The molecule has 0 aliphatic heterocycles. The highest BCUT2D eigenvalue weighted by Crippen LogP contribution is 2.25. The average Bonchev–Trinajstić information content (AvgIpc) is 2.31. The second kappa shape index (κ2) is 5.63. The van der Waals surface area contributed by atoms with Crippen LogP contribution in [-0.2, 0) is 0 Å². The van der Waals surface area contributed by atoms with Gasteiger partial charge in [0, 0.05) is 6.07 Å². The standard InChI is InChI=1S/C9H13Cl2N3O2/c1-2-9(4-15,5-16)12-6-3-7(10)13-14-8(6)11/h3,15-16H,2,4-5H2,1H3,(H,12,13). The van der Waals surface area contributed by atoms with Crippen LogP contribution in [0.2, 0.25) is 10.3 Å². The van der Waals surface area contributed by atoms with Crippen LogP contribution >= 0.6 is 23.2 Å². The summed E-state index contributed by atoms with van der Waals surface area (Å²) >= 11 is 11.5. The van der Waals surface area contributed by atoms with Crippen LogP contribution in [0.4, 0.5) is 5.69 Å². The molecule has 3 N–H and O–H groups in total. The number of rotatable bonds is 5. The Bertz CT molecular complexity index is 350. The van der Waals surface area contributed by atoms with Crippen molar-refractivity contribution in [1.29, 1.82) is 0 Å². The fourth-order valence-corrected chi connectivity index (χ4v) is 1.45. The van der Waals surface area contributed by atoms with Gasteiger partial charge in [-0.1, -0.05) is 30.1 Å². The van der Waals surface area contributed by atoms with E-state index in [4.69, 9.17) is 23.2 Å². The van der Waals surface area contributed by atoms with Crippen LogP contribution in [0.5, 0.6) is 0 Å². The molecule has 0 radical (unpaired) electrons. The van der Waals surface area contributed by atoms with E-state index < -0.39 is 5.54 Å². The summed E-state index contributed by atoms with van der Waals surface area (Å²) in [6.07, 6.45) is 0.524. The first-order valence-corrected chi connectivity index (χ1v) is 5.51. The molecule has 0 fully saturated rings. The zero-order chi connectivity index (χ0) is 12.2. The number of hydrogen-bond acceptors (Lipinski definition) is 5. The normalized spacial score (nSPS) is 11.6. The highest BCUT2D eigenvalue weighted by Gasteiger charge is 2.27. The molecule has 0 aliphatic carbocycles. The van der Waals surface area contributed by atoms with Gasteiger partial charge in [0.2, 0.25) is 0 Å². The SMILES string of the molecule is CCC(CO)(CO)Nc1cc(Cl)nnc1Cl. The van der Waals surface area contributed by atoms with Crippen molar-refractivity contribution in [2.75, 3.05) is 18.5 Å². The lowest BCUT2D eigenvalue weighted by atomic mass is 9.98. The first kappa shape index (κ1) is 13.4. The van der Waals surface area contributed by atoms with Crippen molar-refractivity contribution in [3.8, 4) is 0 Å². The van der Waals surface area contributed by atoms with Gasteiger partial charge in [-0.05, 0) is 6.42 Å². The third-order valence-corrected chi connectivity index (χ3v) is 2.86. The predicted molar refractivity (Wildman–Crippen MR) is 62.9 cm³/mol. The molecular weight excluding hydrogens is 253 g/mol. The lowest BCUT2D eigenvalue weighted by Gasteiger charge is -2.30. The van der Waals surface area contributed by atoms with Crippen LogP contribution in [0, 0.1) is 0 Å². The van der Waals surface area contributed by atoms with Gasteiger partial charge >= 0.3 is 0 Å². The Balaban J connectivity index is 2.97. The molecule has 1 aromatic heterocycles. The topological polar surface area (TPSA) is 78.3 Å². The Morgan fingerprint density at radius 2 is 1.94 bits per heavy atom. The fourth-order valence-electron chi connectivity index (χ4n) is 1.17. The largest absolute Gasteiger partial charge is 0.394 e. The van der Waals surface area contributed by atoms with Crippen molar-refractivity contribution in [3.05, 3.63) is 16.4 Å². The molecule has 0 saturated heterocycles. The van der Waals surface area contributed by atoms with E-state index in [0.717, 1.165) is 0 Å². The Labute approximate surface area is 103 Å². The molecule has 1 rings (SSSR count). The van der Waals surface area contributed by atoms with E-state index in [1.807, 2.05) is 6.92 Å². The van der Waals surface area contributed by atoms with Gasteiger partial charge in [-0.15, -0.1) is 10.2 Å². The predicted octanol–water partition coefficient (Wildman–Crippen LogP) is 1.33. The summed E-state index contributed by atoms with van der Waals surface area (Å²) in [4.78, 5) is 0. The lowest BCUT2D eigenvalue weighted by Crippen LogP contribution is -2.45. The van der Waals surface area contributed by atoms with Crippen molar-refractivity contribution in [2.45, 2.75) is 18.9 Å². The third-order valence-electron chi connectivity index (χ3n) is 2.40. The second-order valence-electron chi connectivity index (χ2n) is 3.45. The van der Waals surface area contributed by atoms with Crippen molar-refractivity contribution in [1.82, 2.24) is 10.2 Å². The quantitative estimate of drug-likeness (QED) is 0.749. The molecule has 90 valence electrons. The van der Waals surface area contributed by atoms with Gasteiger partial charge < -0.3 is 15.5 Å². The zero-order valence-corrected chi connectivity index (χ0v) is 10.3. The van der Waals surface area contributed by atoms with Gasteiger partial charge in [0.05, 0.1) is 24.4 Å². The number of nitrogens with one attached hydrogen (secondary N) is 1. The molecule has 0 spiro atoms. The molecule has 0 unspecified atom stereocenters. The minimum Gasteiger partial charge on any atom is -0.394 e. The summed E-state index contributed by atoms with van der Waals surface area (Å²) in [5.74, 6) is 0. The van der Waals surface area contributed by atoms with Crippen LogP contribution < -0.4 is 5.32 Å². The Morgan fingerprint density at radius 1 is 1.31 bits per heavy atom. The molecule has 0 bridgehead atoms. The molecule has 0 atom stereocenters. The van der Waals surface area contributed by atoms with Crippen molar-refractivity contribution in [2.24, 2.45) is 0 Å². The molecule has 0 amide bonds. The molecule has 5 nitrogen and oxygen atoms in total. The van der Waals surface area contributed by atoms with Crippen molar-refractivity contribution >= 4 is 28.9 Å². The number of aromatic nitrogens is 2. The van der Waals surface area contributed by atoms with E-state index >= 15 is 0 Å². The maximum absolute atomic E-state index is 9.26. The Hall–Kier alpha value is -0.620. The van der Waals surface area contributed by atoms with Crippen LogP contribution in [0.15, 0.2) is 6.07 Å². The highest BCUT2D eigenvalue weighted by molar-refractivity contribution is 6.33. The second-order valence-corrected chi connectivity index (χ2v) is 4.19. The summed E-state index contributed by atoms with van der Waals surface area (Å²) in [6.45, 7) is 1.39. The van der Waals surface area contributed by atoms with Gasteiger partial charge in [-0.25, -0.2) is 0 Å². The highest BCUT2D eigenvalue weighted by atomic mass is 35.5. The number of nitrogens with zero attached hydrogens (tertiary/aromatic N) is 2. The van der Waals surface area contributed by atoms with Crippen LogP contribution in [0.1, 0.15) is 13.3 Å². The van der Waals surface area contributed by atoms with E-state index in [1.165, 1.54) is 6.07 Å². The van der Waals surface area contributed by atoms with Gasteiger partial charge in [0.15, 0.2) is 10.3 Å². The maximum Gasteiger partial charge on any atom is 0.174 e. The summed E-state index contributed by atoms with van der Waals surface area (Å²) in [5, 5.41) is 29.0. The van der Waals surface area contributed by atoms with E-state index in [2.05, 4.69) is 15.5 Å². The first-order valence-electron chi connectivity index (χ1n) is 4.75. The molecule has 0 aliphatic rings. The fraction of sp³-hybridized carbons (Fsp3) is 0.556. The average molecular weight is 266 g/mol. The molecular formula is C9H13Cl2N3O2. The van der Waals surface area contributed by atoms with E-state index in [9.17, 15) is 10.2 Å². The number of hydrogen-bond donors (Lipinski definition) is 3. The molecule has 16 heavy (non-hydrogen) atoms. The monoisotopic (exact) mass is 265 g/mol. The zero-order valence-electron chi connectivity index (χ0n) is 8.74. The molecule has 1 aromatic rings. The number of aliphatic hydroxyl groups is 2. The third kappa shape index (κ3) is 2.95. The van der Waals surface area contributed by atoms with Crippen molar-refractivity contribution in [3.63, 3.8) is 0 Å². The summed E-state index contributed by atoms with van der Waals surface area (Å²) in [7, 11) is 0. The minimum atomic E-state index is -0.837. The molecule has 0 aromatic carbocycles. The van der Waals surface area contributed by atoms with Crippen LogP contribution in [0.25, 0.3) is 0 Å². The van der Waals surface area contributed by atoms with Crippen LogP contribution in [-0.4, -0.2) is 39.2 Å². The van der Waals surface area contributed by atoms with Crippen molar-refractivity contribution < 1.29 is 10.2 Å². The Kier molecular flexibility index (Phi) is 4.73. The smallest absolute Gasteiger partial charge is 0.174 e. The number of aliphatic hydroxyl groups excluding tert-OH is 2.